The molecule has 2 N–H and O–H groups in total. The third-order valence-electron chi connectivity index (χ3n) is 5.22. The van der Waals surface area contributed by atoms with Crippen LogP contribution in [0.4, 0.5) is 0 Å². The van der Waals surface area contributed by atoms with E-state index in [2.05, 4.69) is 15.8 Å². The van der Waals surface area contributed by atoms with Gasteiger partial charge in [-0.2, -0.15) is 16.9 Å². The summed E-state index contributed by atoms with van der Waals surface area (Å²) < 4.78 is 0. The molecule has 0 unspecified atom stereocenters. The predicted molar refractivity (Wildman–Crippen MR) is 128 cm³/mol. The number of carbonyl (C=O) groups is 4. The average molecular weight is 467 g/mol. The van der Waals surface area contributed by atoms with Gasteiger partial charge in [-0.05, 0) is 49.1 Å². The minimum Gasteiger partial charge on any atom is -0.340 e. The number of amides is 4. The number of thioether (sulfide) groups is 1. The Kier molecular flexibility index (Phi) is 8.37. The number of rotatable bonds is 10. The van der Waals surface area contributed by atoms with Crippen LogP contribution >= 0.6 is 11.8 Å². The van der Waals surface area contributed by atoms with Gasteiger partial charge in [0.1, 0.15) is 6.04 Å². The van der Waals surface area contributed by atoms with Gasteiger partial charge in [-0.3, -0.25) is 24.1 Å². The largest absolute Gasteiger partial charge is 0.340 e. The Bertz CT molecular complexity index is 1040. The van der Waals surface area contributed by atoms with E-state index in [9.17, 15) is 19.2 Å². The Hall–Kier alpha value is -3.46. The highest BCUT2D eigenvalue weighted by molar-refractivity contribution is 7.98. The van der Waals surface area contributed by atoms with Gasteiger partial charge in [0, 0.05) is 5.56 Å². The number of hydrogen-bond acceptors (Lipinski definition) is 6. The highest BCUT2D eigenvalue weighted by Crippen LogP contribution is 2.22. The summed E-state index contributed by atoms with van der Waals surface area (Å²) in [5.41, 5.74) is 4.16. The summed E-state index contributed by atoms with van der Waals surface area (Å²) in [6.45, 7) is 1.81. The molecule has 8 nitrogen and oxygen atoms in total. The summed E-state index contributed by atoms with van der Waals surface area (Å²) in [6, 6.07) is 14.5. The van der Waals surface area contributed by atoms with Gasteiger partial charge in [0.05, 0.1) is 23.4 Å². The Balaban J connectivity index is 1.66. The standard InChI is InChI=1S/C24H26N4O4S/c1-3-17(15-28-23(31)18-11-7-8-12-19(18)24(28)32)26-27-22(30)20(13-14-33-2)25-21(29)16-9-5-4-6-10-16/h4-12,20H,3,13-15H2,1-2H3,(H,25,29)(H,27,30)/t20-/m0/s1. The van der Waals surface area contributed by atoms with E-state index < -0.39 is 11.9 Å². The van der Waals surface area contributed by atoms with Crippen molar-refractivity contribution in [3.05, 3.63) is 71.3 Å². The average Bonchev–Trinajstić information content (AvgIpc) is 3.09. The van der Waals surface area contributed by atoms with Crippen LogP contribution in [0.1, 0.15) is 50.8 Å². The lowest BCUT2D eigenvalue weighted by atomic mass is 10.1. The van der Waals surface area contributed by atoms with E-state index in [4.69, 9.17) is 0 Å². The van der Waals surface area contributed by atoms with Crippen LogP contribution in [0.3, 0.4) is 0 Å². The molecule has 33 heavy (non-hydrogen) atoms. The number of hydrazone groups is 1. The van der Waals surface area contributed by atoms with Gasteiger partial charge in [0.25, 0.3) is 23.6 Å². The molecule has 0 saturated carbocycles. The molecule has 0 bridgehead atoms. The van der Waals surface area contributed by atoms with Gasteiger partial charge in [0.15, 0.2) is 0 Å². The molecule has 3 rings (SSSR count). The van der Waals surface area contributed by atoms with Gasteiger partial charge < -0.3 is 5.32 Å². The van der Waals surface area contributed by atoms with Crippen molar-refractivity contribution in [3.63, 3.8) is 0 Å². The summed E-state index contributed by atoms with van der Waals surface area (Å²) in [7, 11) is 0. The van der Waals surface area contributed by atoms with E-state index in [-0.39, 0.29) is 24.3 Å². The lowest BCUT2D eigenvalue weighted by molar-refractivity contribution is -0.123. The first kappa shape index (κ1) is 24.2. The van der Waals surface area contributed by atoms with E-state index >= 15 is 0 Å². The molecule has 9 heteroatoms. The van der Waals surface area contributed by atoms with Crippen molar-refractivity contribution in [3.8, 4) is 0 Å². The fraction of sp³-hybridized carbons (Fsp3) is 0.292. The molecular weight excluding hydrogens is 440 g/mol. The number of imide groups is 1. The quantitative estimate of drug-likeness (QED) is 0.318. The summed E-state index contributed by atoms with van der Waals surface area (Å²) in [5, 5.41) is 6.92. The second kappa shape index (κ2) is 11.4. The first-order valence-corrected chi connectivity index (χ1v) is 12.0. The van der Waals surface area contributed by atoms with E-state index in [0.29, 0.717) is 41.0 Å². The minimum atomic E-state index is -0.772. The molecule has 4 amide bonds. The second-order valence-electron chi connectivity index (χ2n) is 7.42. The molecule has 172 valence electrons. The van der Waals surface area contributed by atoms with Crippen LogP contribution in [-0.4, -0.2) is 58.8 Å². The number of carbonyl (C=O) groups excluding carboxylic acids is 4. The van der Waals surface area contributed by atoms with Gasteiger partial charge in [-0.15, -0.1) is 0 Å². The molecule has 0 spiro atoms. The normalized spacial score (nSPS) is 14.1. The number of fused-ring (bicyclic) bond motifs is 1. The fourth-order valence-electron chi connectivity index (χ4n) is 3.34. The Morgan fingerprint density at radius 1 is 1.00 bits per heavy atom. The molecule has 1 atom stereocenters. The fourth-order valence-corrected chi connectivity index (χ4v) is 3.81. The van der Waals surface area contributed by atoms with Gasteiger partial charge in [-0.25, -0.2) is 5.43 Å². The molecule has 2 aromatic carbocycles. The minimum absolute atomic E-state index is 0.0189. The molecule has 1 heterocycles. The summed E-state index contributed by atoms with van der Waals surface area (Å²) in [4.78, 5) is 51.6. The number of nitrogens with one attached hydrogen (secondary N) is 2. The zero-order valence-electron chi connectivity index (χ0n) is 18.5. The Morgan fingerprint density at radius 2 is 1.61 bits per heavy atom. The predicted octanol–water partition coefficient (Wildman–Crippen LogP) is 2.72. The van der Waals surface area contributed by atoms with Gasteiger partial charge >= 0.3 is 0 Å². The molecule has 0 aliphatic carbocycles. The van der Waals surface area contributed by atoms with E-state index in [1.165, 1.54) is 0 Å². The van der Waals surface area contributed by atoms with Gasteiger partial charge in [0.2, 0.25) is 0 Å². The lowest BCUT2D eigenvalue weighted by Gasteiger charge is -2.18. The zero-order valence-corrected chi connectivity index (χ0v) is 19.4. The smallest absolute Gasteiger partial charge is 0.262 e. The second-order valence-corrected chi connectivity index (χ2v) is 8.41. The summed E-state index contributed by atoms with van der Waals surface area (Å²) in [6.07, 6.45) is 2.78. The first-order chi connectivity index (χ1) is 16.0. The zero-order chi connectivity index (χ0) is 23.8. The van der Waals surface area contributed by atoms with Crippen molar-refractivity contribution in [2.24, 2.45) is 5.10 Å². The number of hydrogen-bond donors (Lipinski definition) is 2. The Morgan fingerprint density at radius 3 is 2.18 bits per heavy atom. The monoisotopic (exact) mass is 466 g/mol. The first-order valence-electron chi connectivity index (χ1n) is 10.6. The van der Waals surface area contributed by atoms with Crippen LogP contribution < -0.4 is 10.7 Å². The van der Waals surface area contributed by atoms with Crippen LogP contribution in [0.5, 0.6) is 0 Å². The number of benzene rings is 2. The molecule has 1 aliphatic rings. The third kappa shape index (κ3) is 5.87. The maximum absolute atomic E-state index is 12.8. The van der Waals surface area contributed by atoms with Crippen molar-refractivity contribution in [2.75, 3.05) is 18.6 Å². The Labute approximate surface area is 196 Å². The van der Waals surface area contributed by atoms with Crippen LogP contribution in [0, 0.1) is 0 Å². The van der Waals surface area contributed by atoms with Crippen molar-refractivity contribution in [1.82, 2.24) is 15.6 Å². The maximum Gasteiger partial charge on any atom is 0.262 e. The maximum atomic E-state index is 12.8. The highest BCUT2D eigenvalue weighted by atomic mass is 32.2. The van der Waals surface area contributed by atoms with Crippen molar-refractivity contribution in [2.45, 2.75) is 25.8 Å². The molecule has 0 saturated heterocycles. The summed E-state index contributed by atoms with van der Waals surface area (Å²) >= 11 is 1.57. The number of nitrogens with zero attached hydrogens (tertiary/aromatic N) is 2. The molecular formula is C24H26N4O4S. The van der Waals surface area contributed by atoms with Crippen LogP contribution in [0.2, 0.25) is 0 Å². The molecule has 2 aromatic rings. The van der Waals surface area contributed by atoms with E-state index in [1.807, 2.05) is 19.2 Å². The van der Waals surface area contributed by atoms with Crippen molar-refractivity contribution >= 4 is 41.1 Å². The van der Waals surface area contributed by atoms with Crippen LogP contribution in [0.25, 0.3) is 0 Å². The van der Waals surface area contributed by atoms with Crippen LogP contribution in [0.15, 0.2) is 59.7 Å². The third-order valence-corrected chi connectivity index (χ3v) is 5.86. The van der Waals surface area contributed by atoms with Crippen molar-refractivity contribution in [1.29, 1.82) is 0 Å². The van der Waals surface area contributed by atoms with E-state index in [0.717, 1.165) is 4.90 Å². The molecule has 1 aliphatic heterocycles. The summed E-state index contributed by atoms with van der Waals surface area (Å²) in [5.74, 6) is -0.886. The van der Waals surface area contributed by atoms with Gasteiger partial charge in [-0.1, -0.05) is 37.3 Å². The van der Waals surface area contributed by atoms with E-state index in [1.54, 1.807) is 60.3 Å². The van der Waals surface area contributed by atoms with Crippen molar-refractivity contribution < 1.29 is 19.2 Å². The SMILES string of the molecule is CCC(CN1C(=O)c2ccccc2C1=O)=NNC(=O)[C@H](CCSC)NC(=O)c1ccccc1. The molecule has 0 aromatic heterocycles. The molecule has 0 radical (unpaired) electrons. The lowest BCUT2D eigenvalue weighted by Crippen LogP contribution is -2.46. The topological polar surface area (TPSA) is 108 Å². The highest BCUT2D eigenvalue weighted by Gasteiger charge is 2.35. The molecule has 0 fully saturated rings. The van der Waals surface area contributed by atoms with Crippen LogP contribution in [-0.2, 0) is 4.79 Å².